The summed E-state index contributed by atoms with van der Waals surface area (Å²) < 4.78 is 24.0. The van der Waals surface area contributed by atoms with Crippen LogP contribution in [0.5, 0.6) is 0 Å². The molecule has 0 aromatic carbocycles. The van der Waals surface area contributed by atoms with E-state index in [1.54, 1.807) is 29.6 Å². The first-order chi connectivity index (χ1) is 6.71. The lowest BCUT2D eigenvalue weighted by Crippen LogP contribution is -2.01. The lowest BCUT2D eigenvalue weighted by Gasteiger charge is -1.98. The van der Waals surface area contributed by atoms with Gasteiger partial charge in [0.2, 0.25) is 9.84 Å². The zero-order valence-corrected chi connectivity index (χ0v) is 8.75. The van der Waals surface area contributed by atoms with Gasteiger partial charge >= 0.3 is 0 Å². The molecule has 0 saturated carbocycles. The predicted molar refractivity (Wildman–Crippen MR) is 54.0 cm³/mol. The molecule has 0 bridgehead atoms. The number of sulfone groups is 1. The van der Waals surface area contributed by atoms with E-state index < -0.39 is 9.84 Å². The lowest BCUT2D eigenvalue weighted by molar-refractivity contribution is 0.594. The Labute approximate surface area is 86.0 Å². The summed E-state index contributed by atoms with van der Waals surface area (Å²) in [6.45, 7) is 0. The second kappa shape index (κ2) is 3.51. The summed E-state index contributed by atoms with van der Waals surface area (Å²) in [6.07, 6.45) is 1.47. The van der Waals surface area contributed by atoms with Gasteiger partial charge in [-0.3, -0.25) is 0 Å². The summed E-state index contributed by atoms with van der Waals surface area (Å²) in [6, 6.07) is 8.13. The first-order valence-corrected chi connectivity index (χ1v) is 6.27. The van der Waals surface area contributed by atoms with Crippen LogP contribution >= 0.6 is 11.3 Å². The normalized spacial score (nSPS) is 11.4. The number of nitrogens with zero attached hydrogens (tertiary/aromatic N) is 1. The van der Waals surface area contributed by atoms with Crippen molar-refractivity contribution in [1.29, 1.82) is 0 Å². The summed E-state index contributed by atoms with van der Waals surface area (Å²) in [5.74, 6) is 0. The van der Waals surface area contributed by atoms with Gasteiger partial charge < -0.3 is 0 Å². The van der Waals surface area contributed by atoms with Crippen LogP contribution in [0.1, 0.15) is 0 Å². The van der Waals surface area contributed by atoms with Crippen LogP contribution in [0.2, 0.25) is 0 Å². The van der Waals surface area contributed by atoms with Gasteiger partial charge in [0, 0.05) is 6.20 Å². The van der Waals surface area contributed by atoms with E-state index in [0.717, 1.165) is 0 Å². The van der Waals surface area contributed by atoms with E-state index in [4.69, 9.17) is 0 Å². The molecule has 0 aliphatic rings. The van der Waals surface area contributed by atoms with Crippen LogP contribution in [0.25, 0.3) is 0 Å². The number of rotatable bonds is 2. The van der Waals surface area contributed by atoms with Gasteiger partial charge in [0.15, 0.2) is 5.03 Å². The molecule has 5 heteroatoms. The maximum Gasteiger partial charge on any atom is 0.233 e. The molecule has 0 atom stereocenters. The topological polar surface area (TPSA) is 47.0 Å². The van der Waals surface area contributed by atoms with Gasteiger partial charge in [-0.25, -0.2) is 13.4 Å². The van der Waals surface area contributed by atoms with Gasteiger partial charge in [0.25, 0.3) is 0 Å². The third kappa shape index (κ3) is 1.56. The standard InChI is InChI=1S/C9H7NO2S2/c11-14(12,9-5-3-7-13-9)8-4-1-2-6-10-8/h1-7H. The van der Waals surface area contributed by atoms with E-state index in [0.29, 0.717) is 4.21 Å². The van der Waals surface area contributed by atoms with Crippen LogP contribution < -0.4 is 0 Å². The van der Waals surface area contributed by atoms with E-state index in [1.165, 1.54) is 23.6 Å². The maximum atomic E-state index is 11.8. The van der Waals surface area contributed by atoms with Crippen LogP contribution in [0.15, 0.2) is 51.1 Å². The highest BCUT2D eigenvalue weighted by molar-refractivity contribution is 7.93. The summed E-state index contributed by atoms with van der Waals surface area (Å²) in [7, 11) is -3.39. The van der Waals surface area contributed by atoms with Crippen molar-refractivity contribution in [1.82, 2.24) is 4.98 Å². The van der Waals surface area contributed by atoms with E-state index in [-0.39, 0.29) is 5.03 Å². The van der Waals surface area contributed by atoms with Gasteiger partial charge in [0.1, 0.15) is 4.21 Å². The number of hydrogen-bond acceptors (Lipinski definition) is 4. The molecule has 0 amide bonds. The Balaban J connectivity index is 2.55. The molecular formula is C9H7NO2S2. The minimum Gasteiger partial charge on any atom is -0.244 e. The first kappa shape index (κ1) is 9.36. The molecular weight excluding hydrogens is 218 g/mol. The minimum absolute atomic E-state index is 0.0995. The Morgan fingerprint density at radius 2 is 2.00 bits per heavy atom. The van der Waals surface area contributed by atoms with Gasteiger partial charge in [0.05, 0.1) is 0 Å². The van der Waals surface area contributed by atoms with Crippen LogP contribution in [0.3, 0.4) is 0 Å². The number of pyridine rings is 1. The smallest absolute Gasteiger partial charge is 0.233 e. The van der Waals surface area contributed by atoms with Gasteiger partial charge in [-0.15, -0.1) is 11.3 Å². The van der Waals surface area contributed by atoms with Crippen LogP contribution in [0.4, 0.5) is 0 Å². The molecule has 2 aromatic heterocycles. The van der Waals surface area contributed by atoms with Crippen LogP contribution in [0, 0.1) is 0 Å². The predicted octanol–water partition coefficient (Wildman–Crippen LogP) is 1.98. The average Bonchev–Trinajstić information content (AvgIpc) is 2.72. The molecule has 2 aromatic rings. The average molecular weight is 225 g/mol. The van der Waals surface area contributed by atoms with Crippen molar-refractivity contribution >= 4 is 21.2 Å². The monoisotopic (exact) mass is 225 g/mol. The molecule has 0 radical (unpaired) electrons. The molecule has 0 saturated heterocycles. The number of hydrogen-bond donors (Lipinski definition) is 0. The molecule has 14 heavy (non-hydrogen) atoms. The molecule has 0 spiro atoms. The van der Waals surface area contributed by atoms with E-state index >= 15 is 0 Å². The highest BCUT2D eigenvalue weighted by Crippen LogP contribution is 2.22. The van der Waals surface area contributed by atoms with E-state index in [2.05, 4.69) is 4.98 Å². The van der Waals surface area contributed by atoms with Crippen LogP contribution in [-0.4, -0.2) is 13.4 Å². The largest absolute Gasteiger partial charge is 0.244 e. The van der Waals surface area contributed by atoms with Crippen molar-refractivity contribution in [2.75, 3.05) is 0 Å². The molecule has 72 valence electrons. The molecule has 0 unspecified atom stereocenters. The highest BCUT2D eigenvalue weighted by Gasteiger charge is 2.19. The quantitative estimate of drug-likeness (QED) is 0.785. The SMILES string of the molecule is O=S(=O)(c1ccccn1)c1cccs1. The molecule has 0 aliphatic carbocycles. The molecule has 0 aliphatic heterocycles. The second-order valence-electron chi connectivity index (χ2n) is 2.60. The van der Waals surface area contributed by atoms with Crippen LogP contribution in [-0.2, 0) is 9.84 Å². The molecule has 3 nitrogen and oxygen atoms in total. The van der Waals surface area contributed by atoms with Crippen molar-refractivity contribution in [3.63, 3.8) is 0 Å². The van der Waals surface area contributed by atoms with E-state index in [9.17, 15) is 8.42 Å². The van der Waals surface area contributed by atoms with Gasteiger partial charge in [-0.05, 0) is 23.6 Å². The molecule has 2 heterocycles. The molecule has 0 fully saturated rings. The fraction of sp³-hybridized carbons (Fsp3) is 0. The maximum absolute atomic E-state index is 11.8. The Bertz CT molecular complexity index is 503. The van der Waals surface area contributed by atoms with E-state index in [1.807, 2.05) is 0 Å². The molecule has 0 N–H and O–H groups in total. The van der Waals surface area contributed by atoms with Crippen molar-refractivity contribution in [3.05, 3.63) is 41.9 Å². The summed E-state index contributed by atoms with van der Waals surface area (Å²) in [5, 5.41) is 1.83. The van der Waals surface area contributed by atoms with Crippen molar-refractivity contribution in [2.45, 2.75) is 9.24 Å². The second-order valence-corrected chi connectivity index (χ2v) is 5.67. The zero-order valence-electron chi connectivity index (χ0n) is 7.12. The van der Waals surface area contributed by atoms with Gasteiger partial charge in [-0.2, -0.15) is 0 Å². The minimum atomic E-state index is -3.39. The highest BCUT2D eigenvalue weighted by atomic mass is 32.2. The Hall–Kier alpha value is -1.20. The Morgan fingerprint density at radius 3 is 2.57 bits per heavy atom. The fourth-order valence-electron chi connectivity index (χ4n) is 1.03. The third-order valence-corrected chi connectivity index (χ3v) is 4.74. The summed E-state index contributed by atoms with van der Waals surface area (Å²) in [5.41, 5.74) is 0. The molecule has 2 rings (SSSR count). The lowest BCUT2D eigenvalue weighted by atomic mass is 10.5. The zero-order chi connectivity index (χ0) is 10.0. The first-order valence-electron chi connectivity index (χ1n) is 3.91. The van der Waals surface area contributed by atoms with Gasteiger partial charge in [-0.1, -0.05) is 12.1 Å². The third-order valence-electron chi connectivity index (χ3n) is 1.67. The summed E-state index contributed by atoms with van der Waals surface area (Å²) >= 11 is 1.20. The number of aromatic nitrogens is 1. The number of thiophene rings is 1. The van der Waals surface area contributed by atoms with Crippen molar-refractivity contribution < 1.29 is 8.42 Å². The van der Waals surface area contributed by atoms with Crippen molar-refractivity contribution in [3.8, 4) is 0 Å². The fourth-order valence-corrected chi connectivity index (χ4v) is 3.32. The van der Waals surface area contributed by atoms with Crippen molar-refractivity contribution in [2.24, 2.45) is 0 Å². The Morgan fingerprint density at radius 1 is 1.14 bits per heavy atom. The summed E-state index contributed by atoms with van der Waals surface area (Å²) in [4.78, 5) is 3.83. The Kier molecular flexibility index (Phi) is 2.35.